The number of nitrogens with one attached hydrogen (secondary N) is 1. The lowest BCUT2D eigenvalue weighted by Gasteiger charge is -2.29. The number of rotatable bonds is 5. The Balaban J connectivity index is 2.02. The molecule has 2 aromatic carbocycles. The first-order chi connectivity index (χ1) is 11.2. The lowest BCUT2D eigenvalue weighted by Crippen LogP contribution is -2.30. The summed E-state index contributed by atoms with van der Waals surface area (Å²) in [7, 11) is 0. The second kappa shape index (κ2) is 7.24. The minimum Gasteiger partial charge on any atom is -0.490 e. The molecule has 1 N–H and O–H groups in total. The molecule has 2 aromatic rings. The van der Waals surface area contributed by atoms with Crippen molar-refractivity contribution >= 4 is 11.6 Å². The third-order valence-electron chi connectivity index (χ3n) is 4.06. The fourth-order valence-electron chi connectivity index (χ4n) is 3.05. The molecule has 1 aliphatic rings. The van der Waals surface area contributed by atoms with Crippen molar-refractivity contribution in [1.29, 1.82) is 0 Å². The van der Waals surface area contributed by atoms with Crippen LogP contribution >= 0.6 is 11.6 Å². The first-order valence-electron chi connectivity index (χ1n) is 8.14. The van der Waals surface area contributed by atoms with E-state index in [9.17, 15) is 0 Å². The van der Waals surface area contributed by atoms with Gasteiger partial charge in [0, 0.05) is 11.6 Å². The van der Waals surface area contributed by atoms with E-state index in [1.165, 1.54) is 16.7 Å². The summed E-state index contributed by atoms with van der Waals surface area (Å²) in [5, 5.41) is 4.35. The van der Waals surface area contributed by atoms with Crippen molar-refractivity contribution in [1.82, 2.24) is 5.32 Å². The summed E-state index contributed by atoms with van der Waals surface area (Å²) in [6, 6.07) is 12.4. The van der Waals surface area contributed by atoms with Crippen LogP contribution in [0.1, 0.15) is 36.6 Å². The molecule has 0 saturated carbocycles. The Morgan fingerprint density at radius 1 is 1.04 bits per heavy atom. The number of halogens is 1. The Kier molecular flexibility index (Phi) is 5.09. The minimum atomic E-state index is 0.158. The quantitative estimate of drug-likeness (QED) is 0.882. The molecule has 0 aromatic heterocycles. The van der Waals surface area contributed by atoms with Crippen LogP contribution in [-0.4, -0.2) is 19.8 Å². The van der Waals surface area contributed by atoms with Gasteiger partial charge < -0.3 is 14.8 Å². The zero-order valence-corrected chi connectivity index (χ0v) is 14.3. The first-order valence-corrected chi connectivity index (χ1v) is 8.52. The van der Waals surface area contributed by atoms with Gasteiger partial charge in [-0.25, -0.2) is 0 Å². The van der Waals surface area contributed by atoms with Gasteiger partial charge in [-0.05, 0) is 61.2 Å². The summed E-state index contributed by atoms with van der Waals surface area (Å²) in [6.07, 6.45) is 0.992. The van der Waals surface area contributed by atoms with E-state index in [0.717, 1.165) is 29.5 Å². The molecule has 0 aliphatic carbocycles. The molecule has 1 heterocycles. The van der Waals surface area contributed by atoms with Gasteiger partial charge in [-0.15, -0.1) is 0 Å². The summed E-state index contributed by atoms with van der Waals surface area (Å²) in [5.41, 5.74) is 3.78. The van der Waals surface area contributed by atoms with Gasteiger partial charge in [-0.2, -0.15) is 0 Å². The van der Waals surface area contributed by atoms with Crippen LogP contribution in [0.3, 0.4) is 0 Å². The summed E-state index contributed by atoms with van der Waals surface area (Å²) >= 11 is 6.02. The smallest absolute Gasteiger partial charge is 0.161 e. The Bertz CT molecular complexity index is 670. The van der Waals surface area contributed by atoms with Gasteiger partial charge in [0.1, 0.15) is 0 Å². The lowest BCUT2D eigenvalue weighted by molar-refractivity contribution is 0.286. The van der Waals surface area contributed by atoms with Crippen molar-refractivity contribution in [3.8, 4) is 11.5 Å². The van der Waals surface area contributed by atoms with Crippen LogP contribution in [0.25, 0.3) is 0 Å². The Labute approximate surface area is 142 Å². The van der Waals surface area contributed by atoms with Crippen molar-refractivity contribution in [2.45, 2.75) is 26.3 Å². The molecule has 1 atom stereocenters. The van der Waals surface area contributed by atoms with Gasteiger partial charge >= 0.3 is 0 Å². The van der Waals surface area contributed by atoms with Gasteiger partial charge in [0.2, 0.25) is 0 Å². The van der Waals surface area contributed by atoms with Crippen LogP contribution in [-0.2, 0) is 6.42 Å². The maximum atomic E-state index is 6.02. The highest BCUT2D eigenvalue weighted by molar-refractivity contribution is 6.30. The largest absolute Gasteiger partial charge is 0.490 e. The monoisotopic (exact) mass is 331 g/mol. The maximum absolute atomic E-state index is 6.02. The van der Waals surface area contributed by atoms with Gasteiger partial charge in [0.05, 0.1) is 19.3 Å². The van der Waals surface area contributed by atoms with Crippen molar-refractivity contribution in [3.63, 3.8) is 0 Å². The van der Waals surface area contributed by atoms with E-state index in [-0.39, 0.29) is 6.04 Å². The topological polar surface area (TPSA) is 30.5 Å². The average Bonchev–Trinajstić information content (AvgIpc) is 2.56. The molecule has 0 fully saturated rings. The number of hydrogen-bond donors (Lipinski definition) is 1. The van der Waals surface area contributed by atoms with Crippen molar-refractivity contribution < 1.29 is 9.47 Å². The Morgan fingerprint density at radius 2 is 1.70 bits per heavy atom. The molecule has 3 nitrogen and oxygen atoms in total. The highest BCUT2D eigenvalue weighted by Gasteiger charge is 2.24. The van der Waals surface area contributed by atoms with Crippen LogP contribution in [0.2, 0.25) is 5.02 Å². The van der Waals surface area contributed by atoms with E-state index in [4.69, 9.17) is 21.1 Å². The Hall–Kier alpha value is -1.71. The zero-order chi connectivity index (χ0) is 16.2. The van der Waals surface area contributed by atoms with Crippen LogP contribution in [0.5, 0.6) is 11.5 Å². The summed E-state index contributed by atoms with van der Waals surface area (Å²) < 4.78 is 11.5. The zero-order valence-electron chi connectivity index (χ0n) is 13.6. The Morgan fingerprint density at radius 3 is 2.35 bits per heavy atom. The second-order valence-corrected chi connectivity index (χ2v) is 5.99. The molecular formula is C19H22ClNO2. The fraction of sp³-hybridized carbons (Fsp3) is 0.368. The van der Waals surface area contributed by atoms with Crippen LogP contribution in [0, 0.1) is 0 Å². The molecule has 3 rings (SSSR count). The van der Waals surface area contributed by atoms with E-state index in [1.807, 2.05) is 26.0 Å². The molecular weight excluding hydrogens is 310 g/mol. The molecule has 1 aliphatic heterocycles. The van der Waals surface area contributed by atoms with E-state index in [1.54, 1.807) is 0 Å². The molecule has 0 spiro atoms. The fourth-order valence-corrected chi connectivity index (χ4v) is 3.18. The van der Waals surface area contributed by atoms with Gasteiger partial charge in [0.25, 0.3) is 0 Å². The third kappa shape index (κ3) is 3.46. The van der Waals surface area contributed by atoms with Crippen LogP contribution < -0.4 is 14.8 Å². The predicted octanol–water partition coefficient (Wildman–Crippen LogP) is 4.37. The number of benzene rings is 2. The van der Waals surface area contributed by atoms with Crippen LogP contribution in [0.4, 0.5) is 0 Å². The van der Waals surface area contributed by atoms with E-state index >= 15 is 0 Å². The molecule has 0 bridgehead atoms. The van der Waals surface area contributed by atoms with E-state index in [2.05, 4.69) is 29.6 Å². The predicted molar refractivity (Wildman–Crippen MR) is 93.8 cm³/mol. The van der Waals surface area contributed by atoms with E-state index in [0.29, 0.717) is 13.2 Å². The third-order valence-corrected chi connectivity index (χ3v) is 4.31. The van der Waals surface area contributed by atoms with E-state index < -0.39 is 0 Å². The summed E-state index contributed by atoms with van der Waals surface area (Å²) in [5.74, 6) is 1.65. The first kappa shape index (κ1) is 16.2. The van der Waals surface area contributed by atoms with Crippen molar-refractivity contribution in [2.75, 3.05) is 19.8 Å². The molecule has 122 valence electrons. The molecule has 0 unspecified atom stereocenters. The molecule has 0 radical (unpaired) electrons. The van der Waals surface area contributed by atoms with Crippen LogP contribution in [0.15, 0.2) is 36.4 Å². The minimum absolute atomic E-state index is 0.158. The summed E-state index contributed by atoms with van der Waals surface area (Å²) in [4.78, 5) is 0. The maximum Gasteiger partial charge on any atom is 0.161 e. The highest BCUT2D eigenvalue weighted by atomic mass is 35.5. The number of ether oxygens (including phenoxy) is 2. The summed E-state index contributed by atoms with van der Waals surface area (Å²) in [6.45, 7) is 6.19. The lowest BCUT2D eigenvalue weighted by atomic mass is 9.89. The molecule has 23 heavy (non-hydrogen) atoms. The molecule has 4 heteroatoms. The average molecular weight is 332 g/mol. The molecule has 0 amide bonds. The number of hydrogen-bond acceptors (Lipinski definition) is 3. The van der Waals surface area contributed by atoms with Gasteiger partial charge in [-0.3, -0.25) is 0 Å². The normalized spacial score (nSPS) is 16.7. The molecule has 0 saturated heterocycles. The SMILES string of the molecule is CCOc1cc2c(cc1OCC)[C@@H](c1ccc(Cl)cc1)NCC2. The standard InChI is InChI=1S/C19H22ClNO2/c1-3-22-17-11-14-9-10-21-19(13-5-7-15(20)8-6-13)16(14)12-18(17)23-4-2/h5-8,11-12,19,21H,3-4,9-10H2,1-2H3/t19-/m1/s1. The second-order valence-electron chi connectivity index (χ2n) is 5.55. The van der Waals surface area contributed by atoms with Gasteiger partial charge in [0.15, 0.2) is 11.5 Å². The highest BCUT2D eigenvalue weighted by Crippen LogP contribution is 2.37. The number of fused-ring (bicyclic) bond motifs is 1. The van der Waals surface area contributed by atoms with Gasteiger partial charge in [-0.1, -0.05) is 23.7 Å². The van der Waals surface area contributed by atoms with Crippen molar-refractivity contribution in [2.24, 2.45) is 0 Å². The van der Waals surface area contributed by atoms with Crippen molar-refractivity contribution in [3.05, 3.63) is 58.1 Å².